The van der Waals surface area contributed by atoms with Gasteiger partial charge in [0.25, 0.3) is 5.91 Å². The van der Waals surface area contributed by atoms with Crippen molar-refractivity contribution in [3.05, 3.63) is 54.7 Å². The minimum absolute atomic E-state index is 0.00271. The lowest BCUT2D eigenvalue weighted by molar-refractivity contribution is -0.139. The van der Waals surface area contributed by atoms with Gasteiger partial charge in [0, 0.05) is 37.9 Å². The number of rotatable bonds is 15. The van der Waals surface area contributed by atoms with E-state index in [0.717, 1.165) is 10.8 Å². The van der Waals surface area contributed by atoms with Crippen molar-refractivity contribution in [1.82, 2.24) is 15.3 Å². The summed E-state index contributed by atoms with van der Waals surface area (Å²) in [7, 11) is 3.03. The molecule has 0 saturated heterocycles. The molecule has 0 aliphatic carbocycles. The fourth-order valence-electron chi connectivity index (χ4n) is 3.04. The number of methoxy groups -OCH3 is 2. The summed E-state index contributed by atoms with van der Waals surface area (Å²) >= 11 is 0. The minimum atomic E-state index is -1.69. The van der Waals surface area contributed by atoms with Gasteiger partial charge in [-0.05, 0) is 24.8 Å². The normalized spacial score (nSPS) is 13.1. The molecule has 0 aliphatic heterocycles. The van der Waals surface area contributed by atoms with E-state index in [1.807, 2.05) is 75.2 Å². The average molecular weight is 536 g/mol. The van der Waals surface area contributed by atoms with E-state index in [4.69, 9.17) is 18.5 Å². The van der Waals surface area contributed by atoms with Gasteiger partial charge in [0.1, 0.15) is 12.3 Å². The molecule has 2 rings (SSSR count). The third kappa shape index (κ3) is 11.7. The highest BCUT2D eigenvalue weighted by molar-refractivity contribution is 7.45. The van der Waals surface area contributed by atoms with E-state index in [-0.39, 0.29) is 25.3 Å². The molecule has 2 N–H and O–H groups in total. The summed E-state index contributed by atoms with van der Waals surface area (Å²) < 4.78 is 22.4. The number of hydrogen-bond donors (Lipinski definition) is 2. The first-order valence-corrected chi connectivity index (χ1v) is 13.1. The first kappa shape index (κ1) is 32.0. The molecule has 0 spiro atoms. The lowest BCUT2D eigenvalue weighted by Gasteiger charge is -2.27. The van der Waals surface area contributed by atoms with Crippen LogP contribution in [0.15, 0.2) is 54.7 Å². The van der Waals surface area contributed by atoms with E-state index in [9.17, 15) is 14.4 Å². The van der Waals surface area contributed by atoms with Crippen molar-refractivity contribution < 1.29 is 32.9 Å². The third-order valence-corrected chi connectivity index (χ3v) is 6.35. The van der Waals surface area contributed by atoms with Crippen LogP contribution < -0.4 is 14.9 Å². The molecule has 0 bridgehead atoms. The fraction of sp³-hybridized carbons (Fsp3) is 0.423. The van der Waals surface area contributed by atoms with E-state index in [0.29, 0.717) is 18.6 Å². The molecule has 10 nitrogen and oxygen atoms in total. The number of fused-ring (bicyclic) bond motifs is 1. The Hall–Kier alpha value is -3.04. The van der Waals surface area contributed by atoms with Crippen LogP contribution in [0, 0.1) is 0 Å². The van der Waals surface area contributed by atoms with Gasteiger partial charge in [0.15, 0.2) is 0 Å². The number of carbonyl (C=O) groups is 3. The molecule has 2 aromatic carbocycles. The van der Waals surface area contributed by atoms with Crippen molar-refractivity contribution in [2.45, 2.75) is 39.3 Å². The third-order valence-electron chi connectivity index (χ3n) is 5.18. The maximum Gasteiger partial charge on any atom is 0.320 e. The Morgan fingerprint density at radius 3 is 2.49 bits per heavy atom. The summed E-state index contributed by atoms with van der Waals surface area (Å²) in [6.07, 6.45) is 3.50. The monoisotopic (exact) mass is 535 g/mol. The maximum absolute atomic E-state index is 11.7. The number of carbonyl (C=O) groups excluding carboxylic acids is 3. The zero-order valence-corrected chi connectivity index (χ0v) is 23.2. The Morgan fingerprint density at radius 2 is 1.81 bits per heavy atom. The topological polar surface area (TPSA) is 115 Å². The quantitative estimate of drug-likeness (QED) is 0.152. The van der Waals surface area contributed by atoms with Crippen LogP contribution in [0.4, 0.5) is 0 Å². The van der Waals surface area contributed by atoms with Crippen molar-refractivity contribution in [2.24, 2.45) is 0 Å². The molecule has 204 valence electrons. The summed E-state index contributed by atoms with van der Waals surface area (Å²) in [6, 6.07) is 13.5. The highest BCUT2D eigenvalue weighted by Gasteiger charge is 2.21. The average Bonchev–Trinajstić information content (AvgIpc) is 2.93. The van der Waals surface area contributed by atoms with Gasteiger partial charge in [-0.15, -0.1) is 0 Å². The van der Waals surface area contributed by atoms with Gasteiger partial charge in [-0.1, -0.05) is 50.2 Å². The van der Waals surface area contributed by atoms with Gasteiger partial charge in [0.05, 0.1) is 19.8 Å². The van der Waals surface area contributed by atoms with Gasteiger partial charge in [-0.3, -0.25) is 19.7 Å². The molecule has 0 heterocycles. The van der Waals surface area contributed by atoms with Crippen LogP contribution in [0.25, 0.3) is 10.8 Å². The fourth-order valence-corrected chi connectivity index (χ4v) is 4.14. The summed E-state index contributed by atoms with van der Waals surface area (Å²) in [5.41, 5.74) is 0. The Bertz CT molecular complexity index is 1000. The zero-order valence-electron chi connectivity index (χ0n) is 22.3. The minimum Gasteiger partial charge on any atom is -0.468 e. The van der Waals surface area contributed by atoms with Gasteiger partial charge in [-0.25, -0.2) is 5.09 Å². The largest absolute Gasteiger partial charge is 0.468 e. The van der Waals surface area contributed by atoms with Gasteiger partial charge < -0.3 is 23.4 Å². The van der Waals surface area contributed by atoms with Crippen molar-refractivity contribution in [3.63, 3.8) is 0 Å². The smallest absolute Gasteiger partial charge is 0.320 e. The van der Waals surface area contributed by atoms with E-state index in [2.05, 4.69) is 10.4 Å². The summed E-state index contributed by atoms with van der Waals surface area (Å²) in [4.78, 5) is 35.3. The first-order chi connectivity index (χ1) is 17.9. The lowest BCUT2D eigenvalue weighted by atomic mass is 10.1. The number of amides is 2. The van der Waals surface area contributed by atoms with E-state index in [1.54, 1.807) is 13.3 Å². The Labute approximate surface area is 220 Å². The summed E-state index contributed by atoms with van der Waals surface area (Å²) in [6.45, 7) is 6.10. The molecule has 3 unspecified atom stereocenters. The number of ether oxygens (including phenoxy) is 2. The maximum atomic E-state index is 11.7. The molecule has 0 fully saturated rings. The van der Waals surface area contributed by atoms with Crippen LogP contribution in [0.1, 0.15) is 27.2 Å². The standard InChI is InChI=1S/C24H32N3O7P.C2H6/c1-18(27(2)13-12-23(29)25-17-28)14-20(31-3)16-33-35(26-15-24(30)32-4)34-22-11-7-9-19-8-5-6-10-21(19)22;1-2/h5-13,17-18,20,26H,14-16H2,1-4H3,(H,25,28,29);1-2H3/b13-12-;. The van der Waals surface area contributed by atoms with Gasteiger partial charge >= 0.3 is 14.5 Å². The Balaban J connectivity index is 0.00000334. The Morgan fingerprint density at radius 1 is 1.11 bits per heavy atom. The Kier molecular flexibility index (Phi) is 15.8. The molecule has 2 amide bonds. The summed E-state index contributed by atoms with van der Waals surface area (Å²) in [5, 5.41) is 6.98. The van der Waals surface area contributed by atoms with Crippen LogP contribution in [-0.4, -0.2) is 69.8 Å². The van der Waals surface area contributed by atoms with Crippen LogP contribution in [-0.2, 0) is 28.4 Å². The first-order valence-electron chi connectivity index (χ1n) is 11.9. The van der Waals surface area contributed by atoms with Gasteiger partial charge in [0.2, 0.25) is 6.41 Å². The molecule has 37 heavy (non-hydrogen) atoms. The van der Waals surface area contributed by atoms with Gasteiger partial charge in [-0.2, -0.15) is 0 Å². The number of nitrogens with one attached hydrogen (secondary N) is 2. The van der Waals surface area contributed by atoms with E-state index < -0.39 is 20.4 Å². The number of nitrogens with zero attached hydrogens (tertiary/aromatic N) is 1. The number of imide groups is 1. The molecule has 0 aliphatic rings. The van der Waals surface area contributed by atoms with Crippen molar-refractivity contribution in [2.75, 3.05) is 34.4 Å². The second kappa shape index (κ2) is 18.2. The number of esters is 1. The van der Waals surface area contributed by atoms with Crippen LogP contribution >= 0.6 is 8.53 Å². The second-order valence-corrected chi connectivity index (χ2v) is 8.85. The van der Waals surface area contributed by atoms with Crippen LogP contribution in [0.5, 0.6) is 5.75 Å². The lowest BCUT2D eigenvalue weighted by Crippen LogP contribution is -2.32. The van der Waals surface area contributed by atoms with E-state index in [1.165, 1.54) is 13.2 Å². The predicted octanol–water partition coefficient (Wildman–Crippen LogP) is 3.76. The van der Waals surface area contributed by atoms with Crippen molar-refractivity contribution in [3.8, 4) is 5.75 Å². The molecular formula is C26H38N3O7P. The highest BCUT2D eigenvalue weighted by atomic mass is 31.2. The van der Waals surface area contributed by atoms with Crippen molar-refractivity contribution >= 4 is 37.6 Å². The molecular weight excluding hydrogens is 497 g/mol. The predicted molar refractivity (Wildman–Crippen MR) is 145 cm³/mol. The van der Waals surface area contributed by atoms with Crippen molar-refractivity contribution in [1.29, 1.82) is 0 Å². The number of benzene rings is 2. The van der Waals surface area contributed by atoms with Crippen LogP contribution in [0.2, 0.25) is 0 Å². The van der Waals surface area contributed by atoms with E-state index >= 15 is 0 Å². The summed E-state index contributed by atoms with van der Waals surface area (Å²) in [5.74, 6) is -0.308. The SMILES string of the molecule is CC.COC(=O)CNP(OCC(CC(C)N(C)/C=C\C(=O)NC=O)OC)Oc1cccc2ccccc12. The van der Waals surface area contributed by atoms with Crippen LogP contribution in [0.3, 0.4) is 0 Å². The zero-order chi connectivity index (χ0) is 27.6. The molecule has 3 atom stereocenters. The molecule has 0 radical (unpaired) electrons. The number of hydrogen-bond acceptors (Lipinski definition) is 9. The highest BCUT2D eigenvalue weighted by Crippen LogP contribution is 2.39. The molecule has 2 aromatic rings. The molecule has 0 saturated carbocycles. The molecule has 11 heteroatoms. The molecule has 0 aromatic heterocycles. The second-order valence-electron chi connectivity index (χ2n) is 7.58.